The highest BCUT2D eigenvalue weighted by Crippen LogP contribution is 2.32. The monoisotopic (exact) mass is 530 g/mol. The van der Waals surface area contributed by atoms with Crippen LogP contribution in [0.5, 0.6) is 5.75 Å². The summed E-state index contributed by atoms with van der Waals surface area (Å²) in [7, 11) is 0. The number of hydroxylamine groups is 1. The molecule has 1 aliphatic heterocycles. The van der Waals surface area contributed by atoms with Crippen molar-refractivity contribution >= 4 is 12.2 Å². The highest BCUT2D eigenvalue weighted by molar-refractivity contribution is 5.78. The van der Waals surface area contributed by atoms with Crippen LogP contribution in [0.2, 0.25) is 0 Å². The normalized spacial score (nSPS) is 14.8. The Balaban J connectivity index is 1.41. The molecular formula is C28H30F4N4O2. The van der Waals surface area contributed by atoms with Gasteiger partial charge in [-0.25, -0.2) is 32.3 Å². The molecular weight excluding hydrogens is 500 g/mol. The molecule has 1 fully saturated rings. The van der Waals surface area contributed by atoms with Crippen LogP contribution in [0.25, 0.3) is 11.1 Å². The van der Waals surface area contributed by atoms with Crippen LogP contribution in [-0.4, -0.2) is 46.7 Å². The number of benzene rings is 2. The largest absolute Gasteiger partial charge is 0.624 e. The second kappa shape index (κ2) is 11.8. The fourth-order valence-corrected chi connectivity index (χ4v) is 4.22. The van der Waals surface area contributed by atoms with Gasteiger partial charge in [-0.1, -0.05) is 13.0 Å². The summed E-state index contributed by atoms with van der Waals surface area (Å²) in [6.45, 7) is 6.75. The van der Waals surface area contributed by atoms with Gasteiger partial charge in [0, 0.05) is 31.0 Å². The smallest absolute Gasteiger partial charge is 0.225 e. The number of anilines is 1. The molecule has 1 aliphatic rings. The lowest BCUT2D eigenvalue weighted by Gasteiger charge is -2.31. The summed E-state index contributed by atoms with van der Waals surface area (Å²) in [5, 5.41) is 11.8. The molecule has 0 N–H and O–H groups in total. The lowest BCUT2D eigenvalue weighted by molar-refractivity contribution is -0.487. The van der Waals surface area contributed by atoms with Crippen molar-refractivity contribution in [2.75, 3.05) is 24.6 Å². The molecule has 1 aromatic heterocycles. The first-order valence-electron chi connectivity index (χ1n) is 12.6. The first-order valence-corrected chi connectivity index (χ1v) is 12.6. The highest BCUT2D eigenvalue weighted by atomic mass is 19.2. The summed E-state index contributed by atoms with van der Waals surface area (Å²) in [5.41, 5.74) is 0.298. The molecule has 0 saturated carbocycles. The number of aryl methyl sites for hydroxylation is 1. The molecule has 202 valence electrons. The van der Waals surface area contributed by atoms with Gasteiger partial charge in [0.05, 0.1) is 12.2 Å². The molecule has 6 nitrogen and oxygen atoms in total. The number of aromatic nitrogens is 2. The number of rotatable bonds is 8. The van der Waals surface area contributed by atoms with Crippen molar-refractivity contribution in [2.24, 2.45) is 5.92 Å². The third-order valence-corrected chi connectivity index (χ3v) is 6.66. The van der Waals surface area contributed by atoms with E-state index in [-0.39, 0.29) is 29.2 Å². The van der Waals surface area contributed by atoms with E-state index in [2.05, 4.69) is 14.9 Å². The Morgan fingerprint density at radius 2 is 1.68 bits per heavy atom. The molecule has 0 aliphatic carbocycles. The summed E-state index contributed by atoms with van der Waals surface area (Å²) >= 11 is 0. The molecule has 10 heteroatoms. The second-order valence-electron chi connectivity index (χ2n) is 9.67. The molecule has 1 saturated heterocycles. The maximum absolute atomic E-state index is 14.8. The van der Waals surface area contributed by atoms with Crippen LogP contribution < -0.4 is 9.64 Å². The van der Waals surface area contributed by atoms with Gasteiger partial charge >= 0.3 is 0 Å². The molecule has 2 aromatic carbocycles. The topological polar surface area (TPSA) is 64.3 Å². The fraction of sp³-hybridized carbons (Fsp3) is 0.393. The number of nitrogens with zero attached hydrogens (tertiary/aromatic N) is 4. The summed E-state index contributed by atoms with van der Waals surface area (Å²) in [4.78, 5) is 10.9. The lowest BCUT2D eigenvalue weighted by Crippen LogP contribution is -2.36. The molecule has 4 rings (SSSR count). The average Bonchev–Trinajstić information content (AvgIpc) is 2.91. The van der Waals surface area contributed by atoms with Gasteiger partial charge in [0.2, 0.25) is 5.95 Å². The van der Waals surface area contributed by atoms with Gasteiger partial charge in [-0.2, -0.15) is 0 Å². The number of ether oxygens (including phenoxy) is 1. The first kappa shape index (κ1) is 27.3. The quantitative estimate of drug-likeness (QED) is 0.119. The zero-order chi connectivity index (χ0) is 27.4. The van der Waals surface area contributed by atoms with Crippen LogP contribution in [0.3, 0.4) is 0 Å². The van der Waals surface area contributed by atoms with E-state index in [1.165, 1.54) is 12.1 Å². The van der Waals surface area contributed by atoms with Gasteiger partial charge < -0.3 is 14.8 Å². The predicted octanol–water partition coefficient (Wildman–Crippen LogP) is 5.90. The third-order valence-electron chi connectivity index (χ3n) is 6.66. The minimum absolute atomic E-state index is 0.0846. The van der Waals surface area contributed by atoms with E-state index in [9.17, 15) is 22.8 Å². The van der Waals surface area contributed by atoms with Crippen LogP contribution in [0.15, 0.2) is 36.7 Å². The van der Waals surface area contributed by atoms with Crippen molar-refractivity contribution in [3.63, 3.8) is 0 Å². The fourth-order valence-electron chi connectivity index (χ4n) is 4.22. The molecule has 0 bridgehead atoms. The molecule has 0 amide bonds. The zero-order valence-electron chi connectivity index (χ0n) is 21.6. The van der Waals surface area contributed by atoms with Crippen molar-refractivity contribution in [1.82, 2.24) is 9.97 Å². The van der Waals surface area contributed by atoms with Gasteiger partial charge in [-0.3, -0.25) is 0 Å². The van der Waals surface area contributed by atoms with E-state index in [0.29, 0.717) is 23.8 Å². The zero-order valence-corrected chi connectivity index (χ0v) is 21.6. The molecule has 0 spiro atoms. The minimum atomic E-state index is -1.30. The molecule has 2 heterocycles. The Hall–Kier alpha value is -3.69. The third kappa shape index (κ3) is 6.06. The Labute approximate surface area is 219 Å². The summed E-state index contributed by atoms with van der Waals surface area (Å²) < 4.78 is 64.9. The van der Waals surface area contributed by atoms with Crippen molar-refractivity contribution in [3.8, 4) is 16.9 Å². The maximum atomic E-state index is 14.8. The van der Waals surface area contributed by atoms with Gasteiger partial charge in [-0.05, 0) is 68.4 Å². The van der Waals surface area contributed by atoms with Crippen LogP contribution >= 0.6 is 0 Å². The average molecular weight is 531 g/mol. The van der Waals surface area contributed by atoms with E-state index < -0.39 is 35.1 Å². The van der Waals surface area contributed by atoms with E-state index in [0.717, 1.165) is 43.2 Å². The van der Waals surface area contributed by atoms with Crippen LogP contribution in [-0.2, 0) is 6.42 Å². The SMILES string of the molecule is CCc1cnc(N2CCC(COc3c(F)cc(-c4ccc(/C=[N+](\[O-])C(C)C)c(F)c4F)cc3F)CC2)nc1. The number of halogens is 4. The second-order valence-corrected chi connectivity index (χ2v) is 9.67. The van der Waals surface area contributed by atoms with Gasteiger partial charge in [0.15, 0.2) is 41.3 Å². The van der Waals surface area contributed by atoms with Crippen molar-refractivity contribution in [2.45, 2.75) is 46.1 Å². The van der Waals surface area contributed by atoms with Crippen LogP contribution in [0.1, 0.15) is 44.7 Å². The Bertz CT molecular complexity index is 1280. The van der Waals surface area contributed by atoms with Crippen molar-refractivity contribution < 1.29 is 27.0 Å². The lowest BCUT2D eigenvalue weighted by atomic mass is 9.98. The molecule has 0 atom stereocenters. The van der Waals surface area contributed by atoms with E-state index >= 15 is 0 Å². The summed E-state index contributed by atoms with van der Waals surface area (Å²) in [6.07, 6.45) is 6.91. The van der Waals surface area contributed by atoms with Crippen LogP contribution in [0, 0.1) is 34.4 Å². The van der Waals surface area contributed by atoms with Gasteiger partial charge in [-0.15, -0.1) is 0 Å². The molecule has 0 radical (unpaired) electrons. The van der Waals surface area contributed by atoms with Gasteiger partial charge in [0.25, 0.3) is 0 Å². The Morgan fingerprint density at radius 3 is 2.26 bits per heavy atom. The molecule has 38 heavy (non-hydrogen) atoms. The summed E-state index contributed by atoms with van der Waals surface area (Å²) in [5.74, 6) is -4.41. The number of piperidine rings is 1. The standard InChI is InChI=1S/C28H30F4N4O2/c1-4-18-13-33-28(34-14-18)35-9-7-19(8-10-35)16-38-27-23(29)11-21(12-24(27)30)22-6-5-20(25(31)26(22)32)15-36(37)17(2)3/h5-6,11-15,17,19H,4,7-10,16H2,1-3H3/b36-15-. The molecule has 3 aromatic rings. The predicted molar refractivity (Wildman–Crippen MR) is 137 cm³/mol. The number of hydrogen-bond donors (Lipinski definition) is 0. The Kier molecular flexibility index (Phi) is 8.48. The van der Waals surface area contributed by atoms with Crippen LogP contribution in [0.4, 0.5) is 23.5 Å². The van der Waals surface area contributed by atoms with E-state index in [4.69, 9.17) is 4.74 Å². The highest BCUT2D eigenvalue weighted by Gasteiger charge is 2.24. The minimum Gasteiger partial charge on any atom is -0.624 e. The molecule has 0 unspecified atom stereocenters. The van der Waals surface area contributed by atoms with Gasteiger partial charge in [0.1, 0.15) is 0 Å². The first-order chi connectivity index (χ1) is 18.2. The Morgan fingerprint density at radius 1 is 1.05 bits per heavy atom. The number of hydrogen-bond acceptors (Lipinski definition) is 5. The van der Waals surface area contributed by atoms with Crippen molar-refractivity contribution in [1.29, 1.82) is 0 Å². The van der Waals surface area contributed by atoms with Crippen molar-refractivity contribution in [3.05, 3.63) is 76.3 Å². The van der Waals surface area contributed by atoms with E-state index in [1.54, 1.807) is 13.8 Å². The maximum Gasteiger partial charge on any atom is 0.225 e. The van der Waals surface area contributed by atoms with E-state index in [1.807, 2.05) is 19.3 Å². The summed E-state index contributed by atoms with van der Waals surface area (Å²) in [6, 6.07) is 3.73.